The molecule has 7 nitrogen and oxygen atoms in total. The van der Waals surface area contributed by atoms with Crippen molar-refractivity contribution in [3.05, 3.63) is 58.1 Å². The quantitative estimate of drug-likeness (QED) is 0.421. The normalized spacial score (nSPS) is 10.7. The number of nitrogens with one attached hydrogen (secondary N) is 1. The number of anilines is 1. The summed E-state index contributed by atoms with van der Waals surface area (Å²) in [7, 11) is 2.64. The third kappa shape index (κ3) is 5.99. The molecular weight excluding hydrogens is 396 g/mol. The average molecular weight is 415 g/mol. The Balaban J connectivity index is 2.28. The SMILES string of the molecule is COC(=O)COc1c(Cl)cc(/C=C(/C#N)C(=O)Nc2cccc(C)c2)cc1OC. The summed E-state index contributed by atoms with van der Waals surface area (Å²) in [4.78, 5) is 23.7. The number of hydrogen-bond acceptors (Lipinski definition) is 6. The zero-order valence-electron chi connectivity index (χ0n) is 16.1. The second kappa shape index (κ2) is 10.2. The number of rotatable bonds is 7. The van der Waals surface area contributed by atoms with Crippen molar-refractivity contribution in [3.63, 3.8) is 0 Å². The summed E-state index contributed by atoms with van der Waals surface area (Å²) in [5, 5.41) is 12.2. The van der Waals surface area contributed by atoms with Crippen molar-refractivity contribution in [2.45, 2.75) is 6.92 Å². The van der Waals surface area contributed by atoms with Gasteiger partial charge in [-0.3, -0.25) is 4.79 Å². The monoisotopic (exact) mass is 414 g/mol. The summed E-state index contributed by atoms with van der Waals surface area (Å²) in [6.07, 6.45) is 1.38. The van der Waals surface area contributed by atoms with Crippen LogP contribution in [0.2, 0.25) is 5.02 Å². The van der Waals surface area contributed by atoms with Gasteiger partial charge in [-0.25, -0.2) is 4.79 Å². The number of aryl methyl sites for hydroxylation is 1. The number of halogens is 1. The van der Waals surface area contributed by atoms with Gasteiger partial charge >= 0.3 is 5.97 Å². The number of nitrogens with zero attached hydrogens (tertiary/aromatic N) is 1. The Morgan fingerprint density at radius 3 is 2.62 bits per heavy atom. The van der Waals surface area contributed by atoms with Crippen molar-refractivity contribution in [1.29, 1.82) is 5.26 Å². The van der Waals surface area contributed by atoms with Crippen LogP contribution in [-0.2, 0) is 14.3 Å². The number of ether oxygens (including phenoxy) is 3. The van der Waals surface area contributed by atoms with E-state index in [1.54, 1.807) is 18.2 Å². The second-order valence-electron chi connectivity index (χ2n) is 5.89. The van der Waals surface area contributed by atoms with E-state index in [2.05, 4.69) is 10.1 Å². The second-order valence-corrected chi connectivity index (χ2v) is 6.30. The van der Waals surface area contributed by atoms with E-state index in [1.807, 2.05) is 19.1 Å². The molecule has 0 aromatic heterocycles. The van der Waals surface area contributed by atoms with E-state index in [-0.39, 0.29) is 28.7 Å². The van der Waals surface area contributed by atoms with Crippen molar-refractivity contribution in [2.24, 2.45) is 0 Å². The predicted molar refractivity (Wildman–Crippen MR) is 109 cm³/mol. The van der Waals surface area contributed by atoms with Crippen molar-refractivity contribution >= 4 is 35.2 Å². The van der Waals surface area contributed by atoms with Crippen LogP contribution in [0.15, 0.2) is 42.0 Å². The molecule has 0 bridgehead atoms. The number of carbonyl (C=O) groups is 2. The molecule has 2 rings (SSSR count). The standard InChI is InChI=1S/C21H19ClN2O5/c1-13-5-4-6-16(7-13)24-21(26)15(11-23)8-14-9-17(22)20(18(10-14)27-2)29-12-19(25)28-3/h4-10H,12H2,1-3H3,(H,24,26)/b15-8-. The molecule has 0 saturated carbocycles. The lowest BCUT2D eigenvalue weighted by Gasteiger charge is -2.12. The summed E-state index contributed by atoms with van der Waals surface area (Å²) in [5.41, 5.74) is 1.89. The highest BCUT2D eigenvalue weighted by Gasteiger charge is 2.15. The fraction of sp³-hybridized carbons (Fsp3) is 0.190. The lowest BCUT2D eigenvalue weighted by atomic mass is 10.1. The largest absolute Gasteiger partial charge is 0.493 e. The Morgan fingerprint density at radius 2 is 2.00 bits per heavy atom. The summed E-state index contributed by atoms with van der Waals surface area (Å²) in [6, 6.07) is 12.1. The van der Waals surface area contributed by atoms with Crippen LogP contribution in [0.1, 0.15) is 11.1 Å². The van der Waals surface area contributed by atoms with Crippen LogP contribution in [0.4, 0.5) is 5.69 Å². The fourth-order valence-electron chi connectivity index (χ4n) is 2.39. The number of esters is 1. The summed E-state index contributed by atoms with van der Waals surface area (Å²) >= 11 is 6.22. The molecule has 2 aromatic rings. The van der Waals surface area contributed by atoms with E-state index in [9.17, 15) is 14.9 Å². The number of nitriles is 1. The average Bonchev–Trinajstić information content (AvgIpc) is 2.70. The molecular formula is C21H19ClN2O5. The predicted octanol–water partition coefficient (Wildman–Crippen LogP) is 3.75. The van der Waals surface area contributed by atoms with E-state index in [0.29, 0.717) is 11.3 Å². The van der Waals surface area contributed by atoms with Gasteiger partial charge in [-0.1, -0.05) is 23.7 Å². The Morgan fingerprint density at radius 1 is 1.24 bits per heavy atom. The van der Waals surface area contributed by atoms with Gasteiger partial charge in [-0.05, 0) is 48.4 Å². The molecule has 29 heavy (non-hydrogen) atoms. The van der Waals surface area contributed by atoms with Crippen LogP contribution in [0.5, 0.6) is 11.5 Å². The number of methoxy groups -OCH3 is 2. The van der Waals surface area contributed by atoms with Gasteiger partial charge in [-0.15, -0.1) is 0 Å². The molecule has 0 heterocycles. The van der Waals surface area contributed by atoms with Crippen molar-refractivity contribution < 1.29 is 23.8 Å². The third-order valence-electron chi connectivity index (χ3n) is 3.77. The minimum Gasteiger partial charge on any atom is -0.493 e. The van der Waals surface area contributed by atoms with Gasteiger partial charge < -0.3 is 19.5 Å². The molecule has 2 aromatic carbocycles. The Kier molecular flexibility index (Phi) is 7.63. The molecule has 1 N–H and O–H groups in total. The summed E-state index contributed by atoms with van der Waals surface area (Å²) < 4.78 is 15.1. The highest BCUT2D eigenvalue weighted by atomic mass is 35.5. The van der Waals surface area contributed by atoms with Crippen molar-refractivity contribution in [3.8, 4) is 17.6 Å². The van der Waals surface area contributed by atoms with Crippen LogP contribution < -0.4 is 14.8 Å². The Labute approximate surface area is 173 Å². The van der Waals surface area contributed by atoms with Gasteiger partial charge in [0.1, 0.15) is 11.6 Å². The van der Waals surface area contributed by atoms with E-state index >= 15 is 0 Å². The maximum Gasteiger partial charge on any atom is 0.343 e. The van der Waals surface area contributed by atoms with Gasteiger partial charge in [-0.2, -0.15) is 5.26 Å². The first-order valence-corrected chi connectivity index (χ1v) is 8.82. The van der Waals surface area contributed by atoms with Gasteiger partial charge in [0.15, 0.2) is 18.1 Å². The molecule has 0 aliphatic heterocycles. The lowest BCUT2D eigenvalue weighted by molar-refractivity contribution is -0.142. The van der Waals surface area contributed by atoms with Crippen LogP contribution in [-0.4, -0.2) is 32.7 Å². The maximum absolute atomic E-state index is 12.4. The van der Waals surface area contributed by atoms with Crippen LogP contribution in [0, 0.1) is 18.3 Å². The Hall–Kier alpha value is -3.50. The molecule has 0 atom stereocenters. The Bertz CT molecular complexity index is 995. The van der Waals surface area contributed by atoms with Crippen molar-refractivity contribution in [1.82, 2.24) is 0 Å². The number of benzene rings is 2. The zero-order chi connectivity index (χ0) is 21.4. The zero-order valence-corrected chi connectivity index (χ0v) is 16.9. The first-order valence-electron chi connectivity index (χ1n) is 8.45. The third-order valence-corrected chi connectivity index (χ3v) is 4.05. The van der Waals surface area contributed by atoms with Gasteiger partial charge in [0.05, 0.1) is 19.2 Å². The van der Waals surface area contributed by atoms with Gasteiger partial charge in [0.2, 0.25) is 0 Å². The van der Waals surface area contributed by atoms with E-state index in [4.69, 9.17) is 21.1 Å². The molecule has 0 spiro atoms. The van der Waals surface area contributed by atoms with E-state index in [0.717, 1.165) is 5.56 Å². The number of carbonyl (C=O) groups excluding carboxylic acids is 2. The summed E-state index contributed by atoms with van der Waals surface area (Å²) in [6.45, 7) is 1.55. The van der Waals surface area contributed by atoms with Crippen LogP contribution in [0.25, 0.3) is 6.08 Å². The molecule has 0 unspecified atom stereocenters. The van der Waals surface area contributed by atoms with Crippen LogP contribution >= 0.6 is 11.6 Å². The molecule has 0 saturated heterocycles. The van der Waals surface area contributed by atoms with E-state index in [1.165, 1.54) is 32.4 Å². The number of amides is 1. The van der Waals surface area contributed by atoms with E-state index < -0.39 is 11.9 Å². The first-order chi connectivity index (χ1) is 13.9. The minimum atomic E-state index is -0.577. The topological polar surface area (TPSA) is 97.7 Å². The van der Waals surface area contributed by atoms with Gasteiger partial charge in [0.25, 0.3) is 5.91 Å². The molecule has 150 valence electrons. The molecule has 0 radical (unpaired) electrons. The molecule has 1 amide bonds. The fourth-order valence-corrected chi connectivity index (χ4v) is 2.66. The minimum absolute atomic E-state index is 0.118. The molecule has 0 aliphatic carbocycles. The maximum atomic E-state index is 12.4. The van der Waals surface area contributed by atoms with Gasteiger partial charge in [0, 0.05) is 5.69 Å². The van der Waals surface area contributed by atoms with Crippen LogP contribution in [0.3, 0.4) is 0 Å². The first kappa shape index (κ1) is 21.8. The highest BCUT2D eigenvalue weighted by Crippen LogP contribution is 2.37. The molecule has 0 aliphatic rings. The van der Waals surface area contributed by atoms with Crippen molar-refractivity contribution in [2.75, 3.05) is 26.1 Å². The molecule has 0 fully saturated rings. The highest BCUT2D eigenvalue weighted by molar-refractivity contribution is 6.32. The lowest BCUT2D eigenvalue weighted by Crippen LogP contribution is -2.14. The number of hydrogen-bond donors (Lipinski definition) is 1. The smallest absolute Gasteiger partial charge is 0.343 e. The molecule has 8 heteroatoms. The summed E-state index contributed by atoms with van der Waals surface area (Å²) in [5.74, 6) is -0.741.